The van der Waals surface area contributed by atoms with Crippen LogP contribution in [0.4, 0.5) is 0 Å². The number of benzene rings is 1. The first-order valence-electron chi connectivity index (χ1n) is 10.7. The maximum atomic E-state index is 6.87. The van der Waals surface area contributed by atoms with E-state index in [9.17, 15) is 0 Å². The van der Waals surface area contributed by atoms with Gasteiger partial charge in [0, 0.05) is 18.4 Å². The molecule has 29 heavy (non-hydrogen) atoms. The van der Waals surface area contributed by atoms with Crippen molar-refractivity contribution in [1.82, 2.24) is 0 Å². The lowest BCUT2D eigenvalue weighted by atomic mass is 9.80. The highest BCUT2D eigenvalue weighted by molar-refractivity contribution is 7.56. The van der Waals surface area contributed by atoms with Crippen LogP contribution in [0, 0.1) is 0 Å². The zero-order chi connectivity index (χ0) is 21.7. The van der Waals surface area contributed by atoms with Gasteiger partial charge in [-0.15, -0.1) is 0 Å². The van der Waals surface area contributed by atoms with E-state index < -0.39 is 30.4 Å². The second-order valence-electron chi connectivity index (χ2n) is 11.9. The first-order valence-corrected chi connectivity index (χ1v) is 12.0. The Hall–Kier alpha value is -0.670. The first-order chi connectivity index (χ1) is 13.0. The standard InChI is InChI=1S/C24H37O4P/c1-19(2,3)16-11-12-18(17(13-16)20(4,5)6)25-29-23(9)14-21(7)26-22(8,28-23)15-24(29,10)27-21/h11-13H,14-15H2,1-10H3/t21-,22-,23+,24+/m0/s1. The summed E-state index contributed by atoms with van der Waals surface area (Å²) in [6.07, 6.45) is 1.36. The lowest BCUT2D eigenvalue weighted by molar-refractivity contribution is -0.469. The van der Waals surface area contributed by atoms with Crippen LogP contribution < -0.4 is 4.52 Å². The fourth-order valence-corrected chi connectivity index (χ4v) is 8.67. The number of hydrogen-bond acceptors (Lipinski definition) is 4. The van der Waals surface area contributed by atoms with Gasteiger partial charge in [0.2, 0.25) is 0 Å². The highest BCUT2D eigenvalue weighted by Gasteiger charge is 2.73. The predicted molar refractivity (Wildman–Crippen MR) is 117 cm³/mol. The third-order valence-corrected chi connectivity index (χ3v) is 8.90. The van der Waals surface area contributed by atoms with Crippen LogP contribution in [0.2, 0.25) is 0 Å². The Morgan fingerprint density at radius 1 is 0.793 bits per heavy atom. The maximum Gasteiger partial charge on any atom is 0.173 e. The summed E-state index contributed by atoms with van der Waals surface area (Å²) in [5, 5.41) is -0.805. The van der Waals surface area contributed by atoms with Crippen LogP contribution in [0.3, 0.4) is 0 Å². The molecule has 0 unspecified atom stereocenters. The van der Waals surface area contributed by atoms with Crippen molar-refractivity contribution < 1.29 is 18.7 Å². The largest absolute Gasteiger partial charge is 0.468 e. The fraction of sp³-hybridized carbons (Fsp3) is 0.750. The monoisotopic (exact) mass is 420 g/mol. The van der Waals surface area contributed by atoms with Crippen LogP contribution in [0.25, 0.3) is 0 Å². The van der Waals surface area contributed by atoms with Gasteiger partial charge in [-0.25, -0.2) is 0 Å². The van der Waals surface area contributed by atoms with Crippen molar-refractivity contribution in [2.75, 3.05) is 0 Å². The van der Waals surface area contributed by atoms with E-state index in [1.807, 2.05) is 13.8 Å². The number of rotatable bonds is 2. The van der Waals surface area contributed by atoms with E-state index in [0.717, 1.165) is 5.75 Å². The zero-order valence-corrected chi connectivity index (χ0v) is 20.6. The second kappa shape index (κ2) is 5.97. The molecule has 0 amide bonds. The highest BCUT2D eigenvalue weighted by Crippen LogP contribution is 2.76. The van der Waals surface area contributed by atoms with E-state index in [1.165, 1.54) is 11.1 Å². The molecule has 162 valence electrons. The molecule has 4 nitrogen and oxygen atoms in total. The minimum absolute atomic E-state index is 0.0243. The van der Waals surface area contributed by atoms with E-state index in [-0.39, 0.29) is 10.8 Å². The molecular weight excluding hydrogens is 383 g/mol. The Morgan fingerprint density at radius 3 is 1.76 bits per heavy atom. The van der Waals surface area contributed by atoms with Crippen LogP contribution in [-0.2, 0) is 25.0 Å². The number of ether oxygens (including phenoxy) is 3. The Bertz CT molecular complexity index is 790. The molecule has 4 aliphatic rings. The Balaban J connectivity index is 1.75. The number of hydrogen-bond donors (Lipinski definition) is 0. The lowest BCUT2D eigenvalue weighted by Crippen LogP contribution is -2.71. The van der Waals surface area contributed by atoms with Crippen LogP contribution >= 0.6 is 8.15 Å². The summed E-state index contributed by atoms with van der Waals surface area (Å²) < 4.78 is 26.1. The van der Waals surface area contributed by atoms with Gasteiger partial charge in [0.05, 0.1) is 0 Å². The molecule has 0 saturated carbocycles. The zero-order valence-electron chi connectivity index (χ0n) is 19.7. The van der Waals surface area contributed by atoms with Crippen molar-refractivity contribution in [3.63, 3.8) is 0 Å². The van der Waals surface area contributed by atoms with E-state index >= 15 is 0 Å². The summed E-state index contributed by atoms with van der Waals surface area (Å²) in [6.45, 7) is 21.9. The van der Waals surface area contributed by atoms with Gasteiger partial charge in [-0.05, 0) is 50.2 Å². The summed E-state index contributed by atoms with van der Waals surface area (Å²) in [7, 11) is -1.04. The molecule has 4 saturated heterocycles. The quantitative estimate of drug-likeness (QED) is 0.494. The van der Waals surface area contributed by atoms with Gasteiger partial charge in [-0.2, -0.15) is 0 Å². The van der Waals surface area contributed by atoms with Crippen molar-refractivity contribution in [2.24, 2.45) is 0 Å². The normalized spacial score (nSPS) is 41.7. The molecule has 5 rings (SSSR count). The molecule has 0 N–H and O–H groups in total. The second-order valence-corrected chi connectivity index (χ2v) is 14.5. The van der Waals surface area contributed by atoms with Gasteiger partial charge in [0.1, 0.15) is 16.4 Å². The summed E-state index contributed by atoms with van der Waals surface area (Å²) in [6, 6.07) is 6.68. The van der Waals surface area contributed by atoms with Crippen LogP contribution in [0.5, 0.6) is 5.75 Å². The average molecular weight is 421 g/mol. The van der Waals surface area contributed by atoms with Crippen molar-refractivity contribution in [2.45, 2.75) is 115 Å². The van der Waals surface area contributed by atoms with Crippen molar-refractivity contribution >= 4 is 8.15 Å². The summed E-state index contributed by atoms with van der Waals surface area (Å²) in [5.41, 5.74) is 2.63. The van der Waals surface area contributed by atoms with E-state index in [0.29, 0.717) is 12.8 Å². The predicted octanol–water partition coefficient (Wildman–Crippen LogP) is 6.79. The third-order valence-electron chi connectivity index (χ3n) is 6.30. The van der Waals surface area contributed by atoms with Gasteiger partial charge >= 0.3 is 0 Å². The van der Waals surface area contributed by atoms with E-state index in [2.05, 4.69) is 73.6 Å². The molecular formula is C24H37O4P. The smallest absolute Gasteiger partial charge is 0.173 e. The van der Waals surface area contributed by atoms with Gasteiger partial charge in [-0.1, -0.05) is 53.7 Å². The summed E-state index contributed by atoms with van der Waals surface area (Å²) >= 11 is 0. The molecule has 1 aromatic rings. The minimum atomic E-state index is -1.04. The van der Waals surface area contributed by atoms with Gasteiger partial charge in [-0.3, -0.25) is 0 Å². The van der Waals surface area contributed by atoms with E-state index in [4.69, 9.17) is 18.7 Å². The van der Waals surface area contributed by atoms with Crippen LogP contribution in [-0.4, -0.2) is 22.3 Å². The molecule has 4 bridgehead atoms. The molecule has 0 aliphatic carbocycles. The molecule has 4 aliphatic heterocycles. The summed E-state index contributed by atoms with van der Waals surface area (Å²) in [5.74, 6) is -0.269. The van der Waals surface area contributed by atoms with Crippen LogP contribution in [0.15, 0.2) is 18.2 Å². The SMILES string of the molecule is CC(C)(C)c1ccc(OP2[C@]3(C)C[C@@]4(C)O[C@](C)(C[C@]2(C)O4)O3)c(C(C)(C)C)c1. The van der Waals surface area contributed by atoms with Gasteiger partial charge < -0.3 is 18.7 Å². The topological polar surface area (TPSA) is 36.9 Å². The first kappa shape index (κ1) is 21.6. The molecule has 0 radical (unpaired) electrons. The Morgan fingerprint density at radius 2 is 1.31 bits per heavy atom. The van der Waals surface area contributed by atoms with Crippen molar-refractivity contribution in [1.29, 1.82) is 0 Å². The molecule has 5 heteroatoms. The van der Waals surface area contributed by atoms with E-state index in [1.54, 1.807) is 0 Å². The molecule has 4 fully saturated rings. The van der Waals surface area contributed by atoms with Gasteiger partial charge in [0.25, 0.3) is 0 Å². The Labute approximate surface area is 177 Å². The Kier molecular flexibility index (Phi) is 4.44. The summed E-state index contributed by atoms with van der Waals surface area (Å²) in [4.78, 5) is 0. The molecule has 4 atom stereocenters. The molecule has 1 aromatic carbocycles. The average Bonchev–Trinajstić information content (AvgIpc) is 2.45. The molecule has 0 aromatic heterocycles. The molecule has 4 heterocycles. The minimum Gasteiger partial charge on any atom is -0.468 e. The highest BCUT2D eigenvalue weighted by atomic mass is 31.1. The van der Waals surface area contributed by atoms with Crippen molar-refractivity contribution in [3.8, 4) is 5.75 Å². The molecule has 0 spiro atoms. The third kappa shape index (κ3) is 3.55. The van der Waals surface area contributed by atoms with Crippen LogP contribution in [0.1, 0.15) is 93.2 Å². The van der Waals surface area contributed by atoms with Crippen molar-refractivity contribution in [3.05, 3.63) is 29.3 Å². The van der Waals surface area contributed by atoms with Gasteiger partial charge in [0.15, 0.2) is 19.7 Å². The maximum absolute atomic E-state index is 6.87. The lowest BCUT2D eigenvalue weighted by Gasteiger charge is -2.68. The fourth-order valence-electron chi connectivity index (χ4n) is 5.52.